The molecule has 0 aliphatic carbocycles. The van der Waals surface area contributed by atoms with Crippen molar-refractivity contribution in [1.82, 2.24) is 10.3 Å². The Morgan fingerprint density at radius 2 is 2.06 bits per heavy atom. The van der Waals surface area contributed by atoms with Gasteiger partial charge >= 0.3 is 0 Å². The van der Waals surface area contributed by atoms with Gasteiger partial charge in [-0.25, -0.2) is 0 Å². The molecule has 4 nitrogen and oxygen atoms in total. The molecule has 0 amide bonds. The summed E-state index contributed by atoms with van der Waals surface area (Å²) in [5.74, 6) is 0. The highest BCUT2D eigenvalue weighted by molar-refractivity contribution is 5.47. The van der Waals surface area contributed by atoms with E-state index in [0.29, 0.717) is 6.61 Å². The Hall–Kier alpha value is -1.13. The van der Waals surface area contributed by atoms with E-state index >= 15 is 0 Å². The van der Waals surface area contributed by atoms with Gasteiger partial charge in [-0.05, 0) is 32.9 Å². The number of pyridine rings is 1. The average molecular weight is 251 g/mol. The van der Waals surface area contributed by atoms with Crippen molar-refractivity contribution in [2.45, 2.75) is 45.3 Å². The Balaban J connectivity index is 3.17. The Kier molecular flexibility index (Phi) is 5.56. The first-order valence-electron chi connectivity index (χ1n) is 6.65. The number of hydrogen-bond acceptors (Lipinski definition) is 4. The number of ether oxygens (including phenoxy) is 1. The normalized spacial score (nSPS) is 13.6. The summed E-state index contributed by atoms with van der Waals surface area (Å²) < 4.78 is 6.04. The number of hydrogen-bond donors (Lipinski definition) is 2. The maximum Gasteiger partial charge on any atom is 0.0872 e. The molecule has 0 aromatic carbocycles. The largest absolute Gasteiger partial charge is 0.398 e. The van der Waals surface area contributed by atoms with E-state index in [1.54, 1.807) is 6.20 Å². The van der Waals surface area contributed by atoms with Crippen molar-refractivity contribution in [3.63, 3.8) is 0 Å². The number of nitrogens with one attached hydrogen (secondary N) is 1. The van der Waals surface area contributed by atoms with Gasteiger partial charge in [0.15, 0.2) is 0 Å². The Labute approximate surface area is 110 Å². The third-order valence-corrected chi connectivity index (χ3v) is 3.64. The summed E-state index contributed by atoms with van der Waals surface area (Å²) in [4.78, 5) is 4.18. The first kappa shape index (κ1) is 14.9. The second-order valence-electron chi connectivity index (χ2n) is 4.43. The quantitative estimate of drug-likeness (QED) is 0.781. The molecule has 4 heteroatoms. The van der Waals surface area contributed by atoms with Gasteiger partial charge < -0.3 is 15.8 Å². The van der Waals surface area contributed by atoms with Gasteiger partial charge in [0.1, 0.15) is 0 Å². The summed E-state index contributed by atoms with van der Waals surface area (Å²) >= 11 is 0. The van der Waals surface area contributed by atoms with Crippen molar-refractivity contribution in [2.24, 2.45) is 0 Å². The standard InChI is InChI=1S/C14H25N3O/c1-5-14(6-2,18-7-3)13(16-4)11-10-17-9-8-12(11)15/h8-10,13,16H,5-7H2,1-4H3,(H2,15,17). The van der Waals surface area contributed by atoms with Gasteiger partial charge in [-0.2, -0.15) is 0 Å². The third-order valence-electron chi connectivity index (χ3n) is 3.64. The maximum atomic E-state index is 6.06. The van der Waals surface area contributed by atoms with E-state index in [2.05, 4.69) is 24.1 Å². The maximum absolute atomic E-state index is 6.06. The Morgan fingerprint density at radius 3 is 2.50 bits per heavy atom. The second kappa shape index (κ2) is 6.71. The van der Waals surface area contributed by atoms with Gasteiger partial charge in [-0.1, -0.05) is 13.8 Å². The van der Waals surface area contributed by atoms with Crippen LogP contribution in [0, 0.1) is 0 Å². The minimum Gasteiger partial charge on any atom is -0.398 e. The fraction of sp³-hybridized carbons (Fsp3) is 0.643. The molecule has 0 saturated heterocycles. The summed E-state index contributed by atoms with van der Waals surface area (Å²) in [6.07, 6.45) is 5.40. The van der Waals surface area contributed by atoms with Crippen LogP contribution in [0.2, 0.25) is 0 Å². The van der Waals surface area contributed by atoms with Crippen LogP contribution in [-0.2, 0) is 4.74 Å². The van der Waals surface area contributed by atoms with Gasteiger partial charge in [0.2, 0.25) is 0 Å². The van der Waals surface area contributed by atoms with E-state index in [1.165, 1.54) is 0 Å². The highest BCUT2D eigenvalue weighted by Gasteiger charge is 2.37. The molecule has 1 rings (SSSR count). The highest BCUT2D eigenvalue weighted by atomic mass is 16.5. The first-order chi connectivity index (χ1) is 8.65. The molecule has 3 N–H and O–H groups in total. The van der Waals surface area contributed by atoms with Gasteiger partial charge in [-0.15, -0.1) is 0 Å². The predicted octanol–water partition coefficient (Wildman–Crippen LogP) is 2.52. The third kappa shape index (κ3) is 2.82. The van der Waals surface area contributed by atoms with Crippen molar-refractivity contribution in [2.75, 3.05) is 19.4 Å². The van der Waals surface area contributed by atoms with E-state index in [9.17, 15) is 0 Å². The lowest BCUT2D eigenvalue weighted by Gasteiger charge is -2.39. The lowest BCUT2D eigenvalue weighted by molar-refractivity contribution is -0.0716. The molecule has 1 aromatic rings. The average Bonchev–Trinajstić information content (AvgIpc) is 2.40. The summed E-state index contributed by atoms with van der Waals surface area (Å²) in [5, 5.41) is 3.34. The second-order valence-corrected chi connectivity index (χ2v) is 4.43. The molecule has 0 aliphatic heterocycles. The molecule has 1 unspecified atom stereocenters. The summed E-state index contributed by atoms with van der Waals surface area (Å²) in [5.41, 5.74) is 7.60. The topological polar surface area (TPSA) is 60.2 Å². The molecule has 0 fully saturated rings. The van der Waals surface area contributed by atoms with E-state index in [-0.39, 0.29) is 11.6 Å². The zero-order valence-electron chi connectivity index (χ0n) is 11.9. The molecule has 1 atom stereocenters. The molecule has 102 valence electrons. The molecule has 0 bridgehead atoms. The van der Waals surface area contributed by atoms with E-state index in [1.807, 2.05) is 26.2 Å². The summed E-state index contributed by atoms with van der Waals surface area (Å²) in [6.45, 7) is 7.02. The number of likely N-dealkylation sites (N-methyl/N-ethyl adjacent to an activating group) is 1. The number of nitrogens with two attached hydrogens (primary N) is 1. The smallest absolute Gasteiger partial charge is 0.0872 e. The van der Waals surface area contributed by atoms with Crippen molar-refractivity contribution in [1.29, 1.82) is 0 Å². The molecule has 0 spiro atoms. The van der Waals surface area contributed by atoms with Crippen LogP contribution in [0.25, 0.3) is 0 Å². The monoisotopic (exact) mass is 251 g/mol. The van der Waals surface area contributed by atoms with E-state index in [0.717, 1.165) is 24.1 Å². The number of nitrogen functional groups attached to an aromatic ring is 1. The van der Waals surface area contributed by atoms with Crippen LogP contribution < -0.4 is 11.1 Å². The van der Waals surface area contributed by atoms with E-state index < -0.39 is 0 Å². The Bertz CT molecular complexity index is 364. The van der Waals surface area contributed by atoms with Crippen LogP contribution >= 0.6 is 0 Å². The molecular weight excluding hydrogens is 226 g/mol. The fourth-order valence-corrected chi connectivity index (χ4v) is 2.59. The van der Waals surface area contributed by atoms with Crippen molar-refractivity contribution in [3.8, 4) is 0 Å². The molecule has 1 aromatic heterocycles. The van der Waals surface area contributed by atoms with Crippen molar-refractivity contribution < 1.29 is 4.74 Å². The molecular formula is C14H25N3O. The molecule has 0 aliphatic rings. The highest BCUT2D eigenvalue weighted by Crippen LogP contribution is 2.36. The van der Waals surface area contributed by atoms with Crippen molar-refractivity contribution in [3.05, 3.63) is 24.0 Å². The molecule has 0 radical (unpaired) electrons. The number of nitrogens with zero attached hydrogens (tertiary/aromatic N) is 1. The van der Waals surface area contributed by atoms with E-state index in [4.69, 9.17) is 10.5 Å². The fourth-order valence-electron chi connectivity index (χ4n) is 2.59. The van der Waals surface area contributed by atoms with Crippen molar-refractivity contribution >= 4 is 5.69 Å². The summed E-state index contributed by atoms with van der Waals surface area (Å²) in [6, 6.07) is 1.89. The SMILES string of the molecule is CCOC(CC)(CC)C(NC)c1cnccc1N. The zero-order chi connectivity index (χ0) is 13.6. The van der Waals surface area contributed by atoms with Gasteiger partial charge in [0, 0.05) is 30.3 Å². The van der Waals surface area contributed by atoms with Gasteiger partial charge in [0.25, 0.3) is 0 Å². The lowest BCUT2D eigenvalue weighted by atomic mass is 9.83. The van der Waals surface area contributed by atoms with Crippen LogP contribution in [0.4, 0.5) is 5.69 Å². The van der Waals surface area contributed by atoms with Gasteiger partial charge in [-0.3, -0.25) is 4.98 Å². The zero-order valence-corrected chi connectivity index (χ0v) is 11.9. The van der Waals surface area contributed by atoms with Crippen LogP contribution in [0.5, 0.6) is 0 Å². The molecule has 1 heterocycles. The molecule has 0 saturated carbocycles. The minimum absolute atomic E-state index is 0.0566. The van der Waals surface area contributed by atoms with Crippen LogP contribution in [0.3, 0.4) is 0 Å². The first-order valence-corrected chi connectivity index (χ1v) is 6.65. The number of rotatable bonds is 7. The number of aromatic nitrogens is 1. The minimum atomic E-state index is -0.235. The van der Waals surface area contributed by atoms with Crippen LogP contribution in [0.15, 0.2) is 18.5 Å². The van der Waals surface area contributed by atoms with Crippen LogP contribution in [0.1, 0.15) is 45.2 Å². The summed E-state index contributed by atoms with van der Waals surface area (Å²) in [7, 11) is 1.94. The lowest BCUT2D eigenvalue weighted by Crippen LogP contribution is -2.44. The van der Waals surface area contributed by atoms with Gasteiger partial charge in [0.05, 0.1) is 11.6 Å². The van der Waals surface area contributed by atoms with Crippen LogP contribution in [-0.4, -0.2) is 24.2 Å². The Morgan fingerprint density at radius 1 is 1.39 bits per heavy atom. The number of anilines is 1. The predicted molar refractivity (Wildman–Crippen MR) is 75.4 cm³/mol. The molecule has 18 heavy (non-hydrogen) atoms.